The molecule has 1 aliphatic carbocycles. The van der Waals surface area contributed by atoms with Crippen LogP contribution in [-0.2, 0) is 5.60 Å². The van der Waals surface area contributed by atoms with E-state index in [-0.39, 0.29) is 11.8 Å². The second kappa shape index (κ2) is 7.81. The van der Waals surface area contributed by atoms with Crippen LogP contribution in [-0.4, -0.2) is 50.9 Å². The zero-order chi connectivity index (χ0) is 21.4. The first kappa shape index (κ1) is 19.8. The number of methoxy groups -OCH3 is 1. The lowest BCUT2D eigenvalue weighted by atomic mass is 9.67. The summed E-state index contributed by atoms with van der Waals surface area (Å²) in [6.45, 7) is 1.24. The molecule has 3 atom stereocenters. The quantitative estimate of drug-likeness (QED) is 0.704. The summed E-state index contributed by atoms with van der Waals surface area (Å²) < 4.78 is 7.17. The van der Waals surface area contributed by atoms with Crippen molar-refractivity contribution in [2.75, 3.05) is 20.2 Å². The Morgan fingerprint density at radius 3 is 2.65 bits per heavy atom. The van der Waals surface area contributed by atoms with E-state index in [0.29, 0.717) is 31.0 Å². The molecule has 1 aliphatic heterocycles. The fourth-order valence-corrected chi connectivity index (χ4v) is 5.23. The number of aromatic nitrogens is 3. The van der Waals surface area contributed by atoms with Crippen molar-refractivity contribution in [1.82, 2.24) is 19.7 Å². The van der Waals surface area contributed by atoms with Crippen molar-refractivity contribution in [1.29, 1.82) is 0 Å². The summed E-state index contributed by atoms with van der Waals surface area (Å²) in [5.41, 5.74) is 1.50. The van der Waals surface area contributed by atoms with Crippen LogP contribution >= 0.6 is 0 Å². The molecule has 1 saturated heterocycles. The first-order valence-electron chi connectivity index (χ1n) is 10.7. The van der Waals surface area contributed by atoms with E-state index in [1.165, 1.54) is 0 Å². The van der Waals surface area contributed by atoms with Crippen LogP contribution in [0.2, 0.25) is 0 Å². The predicted molar refractivity (Wildman–Crippen MR) is 115 cm³/mol. The van der Waals surface area contributed by atoms with Gasteiger partial charge in [-0.25, -0.2) is 0 Å². The summed E-state index contributed by atoms with van der Waals surface area (Å²) in [6, 6.07) is 15.2. The Labute approximate surface area is 181 Å². The number of amides is 1. The maximum atomic E-state index is 13.2. The summed E-state index contributed by atoms with van der Waals surface area (Å²) in [6.07, 6.45) is 5.94. The van der Waals surface area contributed by atoms with Crippen molar-refractivity contribution in [3.8, 4) is 11.4 Å². The van der Waals surface area contributed by atoms with Gasteiger partial charge in [0.05, 0.1) is 12.7 Å². The maximum Gasteiger partial charge on any atom is 0.253 e. The SMILES string of the molecule is COc1cccc([C@]2(O)CCC[C@@H]3CN(C(=O)c4ccc(-n5cnnc5)cc4)C[C@H]32)c1. The first-order valence-corrected chi connectivity index (χ1v) is 10.7. The highest BCUT2D eigenvalue weighted by atomic mass is 16.5. The lowest BCUT2D eigenvalue weighted by Crippen LogP contribution is -2.43. The second-order valence-electron chi connectivity index (χ2n) is 8.54. The number of fused-ring (bicyclic) bond motifs is 1. The van der Waals surface area contributed by atoms with Gasteiger partial charge in [-0.3, -0.25) is 9.36 Å². The molecule has 1 saturated carbocycles. The van der Waals surface area contributed by atoms with Gasteiger partial charge >= 0.3 is 0 Å². The van der Waals surface area contributed by atoms with Gasteiger partial charge in [-0.2, -0.15) is 0 Å². The van der Waals surface area contributed by atoms with Crippen LogP contribution < -0.4 is 4.74 Å². The third-order valence-electron chi connectivity index (χ3n) is 6.88. The van der Waals surface area contributed by atoms with Gasteiger partial charge in [0, 0.05) is 30.3 Å². The van der Waals surface area contributed by atoms with E-state index in [1.807, 2.05) is 53.4 Å². The van der Waals surface area contributed by atoms with Crippen LogP contribution in [0.5, 0.6) is 5.75 Å². The van der Waals surface area contributed by atoms with Crippen molar-refractivity contribution >= 4 is 5.91 Å². The van der Waals surface area contributed by atoms with E-state index in [2.05, 4.69) is 10.2 Å². The molecule has 5 rings (SSSR count). The van der Waals surface area contributed by atoms with E-state index in [0.717, 1.165) is 29.8 Å². The number of carbonyl (C=O) groups excluding carboxylic acids is 1. The Hall–Kier alpha value is -3.19. The number of ether oxygens (including phenoxy) is 1. The zero-order valence-electron chi connectivity index (χ0n) is 17.5. The van der Waals surface area contributed by atoms with Crippen LogP contribution in [0.25, 0.3) is 5.69 Å². The molecule has 0 radical (unpaired) electrons. The van der Waals surface area contributed by atoms with E-state index >= 15 is 0 Å². The Kier molecular flexibility index (Phi) is 4.98. The molecule has 2 aromatic carbocycles. The van der Waals surface area contributed by atoms with Crippen molar-refractivity contribution in [3.63, 3.8) is 0 Å². The second-order valence-corrected chi connectivity index (χ2v) is 8.54. The number of nitrogens with zero attached hydrogens (tertiary/aromatic N) is 4. The van der Waals surface area contributed by atoms with Gasteiger partial charge in [-0.05, 0) is 67.1 Å². The Bertz CT molecular complexity index is 1070. The third kappa shape index (κ3) is 3.49. The molecule has 0 unspecified atom stereocenters. The van der Waals surface area contributed by atoms with Gasteiger partial charge in [0.25, 0.3) is 5.91 Å². The van der Waals surface area contributed by atoms with Crippen LogP contribution in [0.4, 0.5) is 0 Å². The normalized spacial score (nSPS) is 25.3. The topological polar surface area (TPSA) is 80.5 Å². The molecule has 1 amide bonds. The van der Waals surface area contributed by atoms with Crippen LogP contribution in [0.3, 0.4) is 0 Å². The van der Waals surface area contributed by atoms with Gasteiger partial charge < -0.3 is 14.7 Å². The molecule has 2 fully saturated rings. The fraction of sp³-hybridized carbons (Fsp3) is 0.375. The standard InChI is InChI=1S/C24H26N4O3/c1-31-21-6-2-5-19(12-21)24(30)11-3-4-18-13-27(14-22(18)24)23(29)17-7-9-20(10-8-17)28-15-25-26-16-28/h2,5-10,12,15-16,18,22,30H,3-4,11,13-14H2,1H3/t18-,22-,24-/m1/s1. The monoisotopic (exact) mass is 418 g/mol. The fourth-order valence-electron chi connectivity index (χ4n) is 5.23. The Morgan fingerprint density at radius 2 is 1.90 bits per heavy atom. The highest BCUT2D eigenvalue weighted by molar-refractivity contribution is 5.94. The van der Waals surface area contributed by atoms with Crippen LogP contribution in [0.1, 0.15) is 35.2 Å². The average Bonchev–Trinajstić information content (AvgIpc) is 3.50. The summed E-state index contributed by atoms with van der Waals surface area (Å²) >= 11 is 0. The molecule has 3 aromatic rings. The predicted octanol–water partition coefficient (Wildman–Crippen LogP) is 3.04. The highest BCUT2D eigenvalue weighted by Crippen LogP contribution is 2.48. The zero-order valence-corrected chi connectivity index (χ0v) is 17.5. The summed E-state index contributed by atoms with van der Waals surface area (Å²) in [7, 11) is 1.64. The van der Waals surface area contributed by atoms with Crippen molar-refractivity contribution < 1.29 is 14.6 Å². The minimum atomic E-state index is -0.940. The van der Waals surface area contributed by atoms with Crippen molar-refractivity contribution in [2.24, 2.45) is 11.8 Å². The lowest BCUT2D eigenvalue weighted by molar-refractivity contribution is -0.0645. The van der Waals surface area contributed by atoms with Gasteiger partial charge in [0.2, 0.25) is 0 Å². The number of hydrogen-bond acceptors (Lipinski definition) is 5. The van der Waals surface area contributed by atoms with E-state index < -0.39 is 5.60 Å². The molecule has 31 heavy (non-hydrogen) atoms. The van der Waals surface area contributed by atoms with E-state index in [1.54, 1.807) is 24.3 Å². The minimum absolute atomic E-state index is 0.0118. The van der Waals surface area contributed by atoms with E-state index in [9.17, 15) is 9.90 Å². The highest BCUT2D eigenvalue weighted by Gasteiger charge is 2.50. The number of likely N-dealkylation sites (tertiary alicyclic amines) is 1. The number of carbonyl (C=O) groups is 1. The molecular formula is C24H26N4O3. The van der Waals surface area contributed by atoms with Gasteiger partial charge in [0.15, 0.2) is 0 Å². The Balaban J connectivity index is 1.36. The molecule has 1 N–H and O–H groups in total. The summed E-state index contributed by atoms with van der Waals surface area (Å²) in [5, 5.41) is 19.4. The number of aliphatic hydroxyl groups is 1. The van der Waals surface area contributed by atoms with Gasteiger partial charge in [-0.1, -0.05) is 12.1 Å². The number of hydrogen-bond donors (Lipinski definition) is 1. The molecule has 0 spiro atoms. The average molecular weight is 418 g/mol. The van der Waals surface area contributed by atoms with Gasteiger partial charge in [-0.15, -0.1) is 10.2 Å². The summed E-state index contributed by atoms with van der Waals surface area (Å²) in [4.78, 5) is 15.1. The Morgan fingerprint density at radius 1 is 1.13 bits per heavy atom. The first-order chi connectivity index (χ1) is 15.1. The number of benzene rings is 2. The maximum absolute atomic E-state index is 13.2. The summed E-state index contributed by atoms with van der Waals surface area (Å²) in [5.74, 6) is 1.07. The van der Waals surface area contributed by atoms with Crippen molar-refractivity contribution in [2.45, 2.75) is 24.9 Å². The minimum Gasteiger partial charge on any atom is -0.497 e. The van der Waals surface area contributed by atoms with E-state index in [4.69, 9.17) is 4.74 Å². The molecule has 7 heteroatoms. The smallest absolute Gasteiger partial charge is 0.253 e. The lowest BCUT2D eigenvalue weighted by Gasteiger charge is -2.41. The largest absolute Gasteiger partial charge is 0.497 e. The molecular weight excluding hydrogens is 392 g/mol. The van der Waals surface area contributed by atoms with Gasteiger partial charge in [0.1, 0.15) is 18.4 Å². The number of rotatable bonds is 4. The van der Waals surface area contributed by atoms with Crippen molar-refractivity contribution in [3.05, 3.63) is 72.3 Å². The molecule has 160 valence electrons. The molecule has 0 bridgehead atoms. The van der Waals surface area contributed by atoms with Crippen LogP contribution in [0.15, 0.2) is 61.2 Å². The molecule has 1 aromatic heterocycles. The third-order valence-corrected chi connectivity index (χ3v) is 6.88. The molecule has 7 nitrogen and oxygen atoms in total. The molecule has 2 heterocycles. The molecule has 2 aliphatic rings. The van der Waals surface area contributed by atoms with Crippen LogP contribution in [0, 0.1) is 11.8 Å².